The Labute approximate surface area is 134 Å². The summed E-state index contributed by atoms with van der Waals surface area (Å²) in [7, 11) is 1.59. The lowest BCUT2D eigenvalue weighted by atomic mass is 9.87. The van der Waals surface area contributed by atoms with Gasteiger partial charge in [0.15, 0.2) is 5.60 Å². The Kier molecular flexibility index (Phi) is 5.01. The van der Waals surface area contributed by atoms with Crippen molar-refractivity contribution in [3.63, 3.8) is 0 Å². The van der Waals surface area contributed by atoms with E-state index in [0.717, 1.165) is 16.5 Å². The first kappa shape index (κ1) is 17.0. The van der Waals surface area contributed by atoms with Gasteiger partial charge in [0.25, 0.3) is 0 Å². The molecule has 1 N–H and O–H groups in total. The number of Topliss-reactive ketones (excluding diaryl/α,β-unsaturated/α-hetero) is 1. The van der Waals surface area contributed by atoms with Crippen LogP contribution < -0.4 is 4.74 Å². The van der Waals surface area contributed by atoms with Crippen molar-refractivity contribution in [1.29, 1.82) is 0 Å². The molecule has 0 aliphatic heterocycles. The molecule has 0 fully saturated rings. The summed E-state index contributed by atoms with van der Waals surface area (Å²) in [5.74, 6) is -0.395. The van der Waals surface area contributed by atoms with Crippen molar-refractivity contribution >= 4 is 22.5 Å². The number of ketones is 1. The molecule has 5 nitrogen and oxygen atoms in total. The van der Waals surface area contributed by atoms with Crippen LogP contribution in [0.1, 0.15) is 25.8 Å². The first-order valence-corrected chi connectivity index (χ1v) is 7.38. The third-order valence-corrected chi connectivity index (χ3v) is 3.64. The predicted molar refractivity (Wildman–Crippen MR) is 86.3 cm³/mol. The molecule has 0 radical (unpaired) electrons. The second-order valence-corrected chi connectivity index (χ2v) is 5.39. The molecule has 0 spiro atoms. The van der Waals surface area contributed by atoms with Crippen molar-refractivity contribution in [3.05, 3.63) is 42.0 Å². The number of fused-ring (bicyclic) bond motifs is 1. The number of esters is 1. The quantitative estimate of drug-likeness (QED) is 0.829. The van der Waals surface area contributed by atoms with E-state index in [-0.39, 0.29) is 18.8 Å². The van der Waals surface area contributed by atoms with Gasteiger partial charge in [0, 0.05) is 6.42 Å². The molecule has 2 rings (SSSR count). The van der Waals surface area contributed by atoms with E-state index in [1.54, 1.807) is 38.3 Å². The van der Waals surface area contributed by atoms with E-state index in [1.807, 2.05) is 12.1 Å². The van der Waals surface area contributed by atoms with Crippen LogP contribution in [0.5, 0.6) is 5.75 Å². The summed E-state index contributed by atoms with van der Waals surface area (Å²) in [5.41, 5.74) is -1.64. The molecular formula is C18H20O5. The zero-order valence-electron chi connectivity index (χ0n) is 13.5. The molecule has 1 atom stereocenters. The highest BCUT2D eigenvalue weighted by Crippen LogP contribution is 2.31. The van der Waals surface area contributed by atoms with Gasteiger partial charge in [-0.2, -0.15) is 0 Å². The molecule has 0 saturated heterocycles. The van der Waals surface area contributed by atoms with Crippen LogP contribution in [-0.2, 0) is 19.9 Å². The second-order valence-electron chi connectivity index (χ2n) is 5.39. The fourth-order valence-corrected chi connectivity index (χ4v) is 2.51. The molecule has 0 amide bonds. The maximum Gasteiger partial charge on any atom is 0.343 e. The highest BCUT2D eigenvalue weighted by molar-refractivity contribution is 5.91. The van der Waals surface area contributed by atoms with Gasteiger partial charge in [0.05, 0.1) is 13.7 Å². The third-order valence-electron chi connectivity index (χ3n) is 3.64. The first-order chi connectivity index (χ1) is 10.9. The number of benzene rings is 2. The normalized spacial score (nSPS) is 13.4. The Morgan fingerprint density at radius 2 is 1.78 bits per heavy atom. The van der Waals surface area contributed by atoms with E-state index < -0.39 is 11.6 Å². The number of ether oxygens (including phenoxy) is 2. The highest BCUT2D eigenvalue weighted by Gasteiger charge is 2.40. The molecule has 2 aromatic carbocycles. The fraction of sp³-hybridized carbons (Fsp3) is 0.333. The van der Waals surface area contributed by atoms with E-state index in [2.05, 4.69) is 0 Å². The minimum Gasteiger partial charge on any atom is -0.497 e. The maximum absolute atomic E-state index is 12.2. The topological polar surface area (TPSA) is 72.8 Å². The number of rotatable bonds is 6. The van der Waals surface area contributed by atoms with Crippen molar-refractivity contribution < 1.29 is 24.2 Å². The van der Waals surface area contributed by atoms with Crippen molar-refractivity contribution in [3.8, 4) is 5.75 Å². The Morgan fingerprint density at radius 3 is 2.39 bits per heavy atom. The Balaban J connectivity index is 2.51. The first-order valence-electron chi connectivity index (χ1n) is 7.38. The number of hydrogen-bond acceptors (Lipinski definition) is 5. The van der Waals surface area contributed by atoms with Gasteiger partial charge in [-0.25, -0.2) is 4.79 Å². The Morgan fingerprint density at radius 1 is 1.13 bits per heavy atom. The molecule has 0 heterocycles. The lowest BCUT2D eigenvalue weighted by Gasteiger charge is -2.25. The molecule has 0 aliphatic rings. The summed E-state index contributed by atoms with van der Waals surface area (Å²) >= 11 is 0. The van der Waals surface area contributed by atoms with Gasteiger partial charge in [-0.15, -0.1) is 0 Å². The molecule has 5 heteroatoms. The molecule has 2 aromatic rings. The molecule has 0 aliphatic carbocycles. The van der Waals surface area contributed by atoms with E-state index in [4.69, 9.17) is 9.47 Å². The van der Waals surface area contributed by atoms with Crippen molar-refractivity contribution in [2.75, 3.05) is 13.7 Å². The smallest absolute Gasteiger partial charge is 0.343 e. The zero-order valence-corrected chi connectivity index (χ0v) is 13.5. The van der Waals surface area contributed by atoms with Crippen LogP contribution in [0.15, 0.2) is 36.4 Å². The minimum atomic E-state index is -1.98. The zero-order chi connectivity index (χ0) is 17.0. The lowest BCUT2D eigenvalue weighted by molar-refractivity contribution is -0.168. The molecule has 0 saturated carbocycles. The highest BCUT2D eigenvalue weighted by atomic mass is 16.5. The van der Waals surface area contributed by atoms with Crippen LogP contribution in [-0.4, -0.2) is 30.6 Å². The van der Waals surface area contributed by atoms with Crippen molar-refractivity contribution in [1.82, 2.24) is 0 Å². The summed E-state index contributed by atoms with van der Waals surface area (Å²) < 4.78 is 10.1. The van der Waals surface area contributed by atoms with Crippen LogP contribution in [0.4, 0.5) is 0 Å². The average Bonchev–Trinajstić information content (AvgIpc) is 2.53. The van der Waals surface area contributed by atoms with Crippen LogP contribution in [0.3, 0.4) is 0 Å². The molecule has 0 aromatic heterocycles. The van der Waals surface area contributed by atoms with Gasteiger partial charge in [0.2, 0.25) is 0 Å². The standard InChI is InChI=1S/C18H20O5/c1-4-23-17(20)18(21,11-12(2)19)15-7-5-14-10-16(22-3)8-6-13(14)9-15/h5-10,21H,4,11H2,1-3H3. The number of carbonyl (C=O) groups excluding carboxylic acids is 2. The van der Waals surface area contributed by atoms with Gasteiger partial charge in [-0.3, -0.25) is 4.79 Å². The molecule has 0 bridgehead atoms. The van der Waals surface area contributed by atoms with Gasteiger partial charge in [0.1, 0.15) is 11.5 Å². The van der Waals surface area contributed by atoms with Gasteiger partial charge < -0.3 is 14.6 Å². The summed E-state index contributed by atoms with van der Waals surface area (Å²) in [5, 5.41) is 12.5. The van der Waals surface area contributed by atoms with E-state index in [0.29, 0.717) is 5.56 Å². The van der Waals surface area contributed by atoms with E-state index in [1.165, 1.54) is 6.92 Å². The maximum atomic E-state index is 12.2. The largest absolute Gasteiger partial charge is 0.497 e. The van der Waals surface area contributed by atoms with Gasteiger partial charge >= 0.3 is 5.97 Å². The number of aliphatic hydroxyl groups is 1. The molecule has 23 heavy (non-hydrogen) atoms. The molecular weight excluding hydrogens is 296 g/mol. The van der Waals surface area contributed by atoms with Crippen LogP contribution in [0, 0.1) is 0 Å². The van der Waals surface area contributed by atoms with Crippen molar-refractivity contribution in [2.24, 2.45) is 0 Å². The monoisotopic (exact) mass is 316 g/mol. The van der Waals surface area contributed by atoms with E-state index in [9.17, 15) is 14.7 Å². The SMILES string of the molecule is CCOC(=O)C(O)(CC(C)=O)c1ccc2cc(OC)ccc2c1. The van der Waals surface area contributed by atoms with Crippen molar-refractivity contribution in [2.45, 2.75) is 25.9 Å². The van der Waals surface area contributed by atoms with Gasteiger partial charge in [-0.05, 0) is 48.4 Å². The Bertz CT molecular complexity index is 737. The summed E-state index contributed by atoms with van der Waals surface area (Å²) in [6, 6.07) is 10.6. The fourth-order valence-electron chi connectivity index (χ4n) is 2.51. The van der Waals surface area contributed by atoms with Crippen LogP contribution >= 0.6 is 0 Å². The van der Waals surface area contributed by atoms with Crippen LogP contribution in [0.2, 0.25) is 0 Å². The molecule has 122 valence electrons. The summed E-state index contributed by atoms with van der Waals surface area (Å²) in [6.45, 7) is 3.11. The minimum absolute atomic E-state index is 0.129. The lowest BCUT2D eigenvalue weighted by Crippen LogP contribution is -2.39. The second kappa shape index (κ2) is 6.79. The number of carbonyl (C=O) groups is 2. The summed E-state index contributed by atoms with van der Waals surface area (Å²) in [6.07, 6.45) is -0.326. The number of methoxy groups -OCH3 is 1. The molecule has 1 unspecified atom stereocenters. The van der Waals surface area contributed by atoms with Crippen LogP contribution in [0.25, 0.3) is 10.8 Å². The third kappa shape index (κ3) is 3.51. The predicted octanol–water partition coefficient (Wildman–Crippen LogP) is 2.58. The average molecular weight is 316 g/mol. The Hall–Kier alpha value is -2.40. The number of hydrogen-bond donors (Lipinski definition) is 1. The van der Waals surface area contributed by atoms with E-state index >= 15 is 0 Å². The summed E-state index contributed by atoms with van der Waals surface area (Å²) in [4.78, 5) is 23.7. The van der Waals surface area contributed by atoms with Gasteiger partial charge in [-0.1, -0.05) is 18.2 Å².